The molecule has 0 aliphatic rings. The number of hydrogen-bond acceptors (Lipinski definition) is 4. The molecule has 0 radical (unpaired) electrons. The quantitative estimate of drug-likeness (QED) is 0.639. The summed E-state index contributed by atoms with van der Waals surface area (Å²) in [4.78, 5) is 11.3. The topological polar surface area (TPSA) is 82.2 Å². The Morgan fingerprint density at radius 1 is 1.56 bits per heavy atom. The third-order valence-corrected chi connectivity index (χ3v) is 2.47. The summed E-state index contributed by atoms with van der Waals surface area (Å²) in [6, 6.07) is 2.04. The third-order valence-electron chi connectivity index (χ3n) is 2.47. The molecule has 1 rings (SSSR count). The normalized spacial score (nSPS) is 10.6. The first-order valence-electron chi connectivity index (χ1n) is 6.19. The molecule has 0 spiro atoms. The number of nitrogens with one attached hydrogen (secondary N) is 1. The molecule has 0 bridgehead atoms. The molecule has 0 saturated heterocycles. The van der Waals surface area contributed by atoms with Crippen LogP contribution in [0.15, 0.2) is 6.07 Å². The van der Waals surface area contributed by atoms with Crippen LogP contribution in [0.3, 0.4) is 0 Å². The zero-order chi connectivity index (χ0) is 13.4. The maximum atomic E-state index is 11.3. The van der Waals surface area contributed by atoms with Crippen molar-refractivity contribution in [2.75, 3.05) is 26.3 Å². The van der Waals surface area contributed by atoms with Crippen LogP contribution in [0.2, 0.25) is 0 Å². The Balaban J connectivity index is 2.11. The van der Waals surface area contributed by atoms with Gasteiger partial charge >= 0.3 is 0 Å². The molecule has 6 nitrogen and oxygen atoms in total. The number of ether oxygens (including phenoxy) is 1. The van der Waals surface area contributed by atoms with Gasteiger partial charge in [-0.25, -0.2) is 0 Å². The van der Waals surface area contributed by atoms with E-state index in [4.69, 9.17) is 10.5 Å². The van der Waals surface area contributed by atoms with Crippen molar-refractivity contribution in [1.82, 2.24) is 15.1 Å². The molecule has 0 unspecified atom stereocenters. The molecule has 0 aliphatic carbocycles. The summed E-state index contributed by atoms with van der Waals surface area (Å²) in [6.45, 7) is 6.37. The summed E-state index contributed by atoms with van der Waals surface area (Å²) >= 11 is 0. The summed E-state index contributed by atoms with van der Waals surface area (Å²) in [7, 11) is 0. The summed E-state index contributed by atoms with van der Waals surface area (Å²) in [5.41, 5.74) is 7.41. The molecule has 102 valence electrons. The molecule has 1 aromatic heterocycles. The molecule has 3 N–H and O–H groups in total. The van der Waals surface area contributed by atoms with Gasteiger partial charge in [0.1, 0.15) is 6.61 Å². The fourth-order valence-corrected chi connectivity index (χ4v) is 1.66. The first-order chi connectivity index (χ1) is 8.63. The van der Waals surface area contributed by atoms with E-state index in [-0.39, 0.29) is 12.5 Å². The van der Waals surface area contributed by atoms with Crippen molar-refractivity contribution in [2.24, 2.45) is 5.73 Å². The van der Waals surface area contributed by atoms with Gasteiger partial charge in [-0.05, 0) is 26.3 Å². The Labute approximate surface area is 107 Å². The SMILES string of the molecule is Cc1cc(C)n(CCCNC(=O)COCCN)n1. The second-order valence-electron chi connectivity index (χ2n) is 4.20. The average molecular weight is 254 g/mol. The summed E-state index contributed by atoms with van der Waals surface area (Å²) < 4.78 is 6.98. The Kier molecular flexibility index (Phi) is 6.38. The van der Waals surface area contributed by atoms with E-state index in [1.165, 1.54) is 0 Å². The number of nitrogens with two attached hydrogens (primary N) is 1. The fourth-order valence-electron chi connectivity index (χ4n) is 1.66. The molecule has 1 aromatic rings. The number of aryl methyl sites for hydroxylation is 3. The van der Waals surface area contributed by atoms with E-state index in [1.54, 1.807) is 0 Å². The van der Waals surface area contributed by atoms with Gasteiger partial charge < -0.3 is 15.8 Å². The molecule has 0 fully saturated rings. The van der Waals surface area contributed by atoms with E-state index in [0.29, 0.717) is 19.7 Å². The lowest BCUT2D eigenvalue weighted by molar-refractivity contribution is -0.125. The fraction of sp³-hybridized carbons (Fsp3) is 0.667. The van der Waals surface area contributed by atoms with Gasteiger partial charge in [-0.3, -0.25) is 9.48 Å². The van der Waals surface area contributed by atoms with Crippen molar-refractivity contribution in [3.63, 3.8) is 0 Å². The predicted molar refractivity (Wildman–Crippen MR) is 69.2 cm³/mol. The second-order valence-corrected chi connectivity index (χ2v) is 4.20. The first kappa shape index (κ1) is 14.7. The zero-order valence-corrected chi connectivity index (χ0v) is 11.1. The number of rotatable bonds is 8. The maximum Gasteiger partial charge on any atom is 0.245 e. The molecule has 1 amide bonds. The summed E-state index contributed by atoms with van der Waals surface area (Å²) in [5.74, 6) is -0.100. The van der Waals surface area contributed by atoms with Gasteiger partial charge in [-0.2, -0.15) is 5.10 Å². The van der Waals surface area contributed by atoms with Crippen molar-refractivity contribution in [2.45, 2.75) is 26.8 Å². The molecule has 18 heavy (non-hydrogen) atoms. The van der Waals surface area contributed by atoms with Gasteiger partial charge in [0.25, 0.3) is 0 Å². The van der Waals surface area contributed by atoms with Crippen LogP contribution in [-0.4, -0.2) is 42.0 Å². The van der Waals surface area contributed by atoms with Crippen LogP contribution >= 0.6 is 0 Å². The van der Waals surface area contributed by atoms with Crippen molar-refractivity contribution < 1.29 is 9.53 Å². The maximum absolute atomic E-state index is 11.3. The third kappa shape index (κ3) is 5.29. The van der Waals surface area contributed by atoms with E-state index in [9.17, 15) is 4.79 Å². The summed E-state index contributed by atoms with van der Waals surface area (Å²) in [5, 5.41) is 7.15. The highest BCUT2D eigenvalue weighted by atomic mass is 16.5. The zero-order valence-electron chi connectivity index (χ0n) is 11.1. The van der Waals surface area contributed by atoms with Gasteiger partial charge in [0.05, 0.1) is 12.3 Å². The van der Waals surface area contributed by atoms with Crippen LogP contribution in [0.1, 0.15) is 17.8 Å². The highest BCUT2D eigenvalue weighted by Crippen LogP contribution is 2.02. The number of hydrogen-bond donors (Lipinski definition) is 2. The number of nitrogens with zero attached hydrogens (tertiary/aromatic N) is 2. The Morgan fingerprint density at radius 3 is 2.94 bits per heavy atom. The van der Waals surface area contributed by atoms with Gasteiger partial charge in [-0.1, -0.05) is 0 Å². The number of amides is 1. The number of carbonyl (C=O) groups is 1. The minimum Gasteiger partial charge on any atom is -0.370 e. The first-order valence-corrected chi connectivity index (χ1v) is 6.19. The lowest BCUT2D eigenvalue weighted by Gasteiger charge is -2.07. The largest absolute Gasteiger partial charge is 0.370 e. The molecule has 0 atom stereocenters. The minimum absolute atomic E-state index is 0.0805. The Bertz CT molecular complexity index is 376. The Morgan fingerprint density at radius 2 is 2.33 bits per heavy atom. The second kappa shape index (κ2) is 7.84. The van der Waals surface area contributed by atoms with Crippen molar-refractivity contribution in [3.05, 3.63) is 17.5 Å². The molecule has 0 aliphatic heterocycles. The molecular weight excluding hydrogens is 232 g/mol. The highest BCUT2D eigenvalue weighted by molar-refractivity contribution is 5.77. The van der Waals surface area contributed by atoms with Gasteiger partial charge in [0, 0.05) is 25.3 Å². The van der Waals surface area contributed by atoms with E-state index in [0.717, 1.165) is 24.4 Å². The minimum atomic E-state index is -0.100. The average Bonchev–Trinajstić information content (AvgIpc) is 2.64. The van der Waals surface area contributed by atoms with Crippen LogP contribution in [0.5, 0.6) is 0 Å². The van der Waals surface area contributed by atoms with Crippen molar-refractivity contribution >= 4 is 5.91 Å². The highest BCUT2D eigenvalue weighted by Gasteiger charge is 2.02. The Hall–Kier alpha value is -1.40. The van der Waals surface area contributed by atoms with Gasteiger partial charge in [-0.15, -0.1) is 0 Å². The van der Waals surface area contributed by atoms with Crippen LogP contribution in [0.25, 0.3) is 0 Å². The predicted octanol–water partition coefficient (Wildman–Crippen LogP) is -0.0185. The van der Waals surface area contributed by atoms with Crippen molar-refractivity contribution in [3.8, 4) is 0 Å². The molecule has 6 heteroatoms. The van der Waals surface area contributed by atoms with E-state index in [2.05, 4.69) is 10.4 Å². The van der Waals surface area contributed by atoms with Crippen molar-refractivity contribution in [1.29, 1.82) is 0 Å². The van der Waals surface area contributed by atoms with E-state index in [1.807, 2.05) is 24.6 Å². The lowest BCUT2D eigenvalue weighted by Crippen LogP contribution is -2.30. The molecule has 0 aromatic carbocycles. The van der Waals surface area contributed by atoms with Crippen LogP contribution in [0.4, 0.5) is 0 Å². The monoisotopic (exact) mass is 254 g/mol. The van der Waals surface area contributed by atoms with E-state index >= 15 is 0 Å². The van der Waals surface area contributed by atoms with Crippen LogP contribution < -0.4 is 11.1 Å². The van der Waals surface area contributed by atoms with E-state index < -0.39 is 0 Å². The molecule has 0 saturated carbocycles. The summed E-state index contributed by atoms with van der Waals surface area (Å²) in [6.07, 6.45) is 0.852. The number of aromatic nitrogens is 2. The van der Waals surface area contributed by atoms with Crippen LogP contribution in [0, 0.1) is 13.8 Å². The van der Waals surface area contributed by atoms with Crippen LogP contribution in [-0.2, 0) is 16.1 Å². The molecular formula is C12H22N4O2. The van der Waals surface area contributed by atoms with Gasteiger partial charge in [0.15, 0.2) is 0 Å². The molecule has 1 heterocycles. The standard InChI is InChI=1S/C12H22N4O2/c1-10-8-11(2)16(15-10)6-3-5-14-12(17)9-18-7-4-13/h8H,3-7,9,13H2,1-2H3,(H,14,17). The smallest absolute Gasteiger partial charge is 0.245 e. The lowest BCUT2D eigenvalue weighted by atomic mass is 10.4. The van der Waals surface area contributed by atoms with Gasteiger partial charge in [0.2, 0.25) is 5.91 Å². The number of carbonyl (C=O) groups excluding carboxylic acids is 1.